The average molecular weight is 347 g/mol. The topological polar surface area (TPSA) is 56.2 Å². The SMILES string of the molecule is COc1cn(-c2ccccc2)nc1C(=O)NC(c1ccccc1)C1CC1. The van der Waals surface area contributed by atoms with Crippen molar-refractivity contribution in [3.63, 3.8) is 0 Å². The van der Waals surface area contributed by atoms with E-state index >= 15 is 0 Å². The van der Waals surface area contributed by atoms with Crippen LogP contribution in [0.15, 0.2) is 66.9 Å². The Labute approximate surface area is 152 Å². The van der Waals surface area contributed by atoms with Crippen LogP contribution in [0.4, 0.5) is 0 Å². The van der Waals surface area contributed by atoms with E-state index in [4.69, 9.17) is 4.74 Å². The number of methoxy groups -OCH3 is 1. The molecule has 0 spiro atoms. The van der Waals surface area contributed by atoms with Crippen LogP contribution in [0, 0.1) is 5.92 Å². The highest BCUT2D eigenvalue weighted by Gasteiger charge is 2.34. The van der Waals surface area contributed by atoms with Gasteiger partial charge in [0.25, 0.3) is 5.91 Å². The summed E-state index contributed by atoms with van der Waals surface area (Å²) in [5, 5.41) is 7.61. The summed E-state index contributed by atoms with van der Waals surface area (Å²) in [4.78, 5) is 12.9. The van der Waals surface area contributed by atoms with E-state index in [2.05, 4.69) is 22.5 Å². The molecule has 1 saturated carbocycles. The van der Waals surface area contributed by atoms with Crippen LogP contribution in [0.25, 0.3) is 5.69 Å². The Balaban J connectivity index is 1.60. The Bertz CT molecular complexity index is 886. The van der Waals surface area contributed by atoms with E-state index in [0.29, 0.717) is 17.4 Å². The molecule has 5 nitrogen and oxygen atoms in total. The normalized spacial score (nSPS) is 14.7. The molecule has 4 rings (SSSR count). The lowest BCUT2D eigenvalue weighted by Gasteiger charge is -2.18. The van der Waals surface area contributed by atoms with E-state index in [9.17, 15) is 4.79 Å². The minimum Gasteiger partial charge on any atom is -0.493 e. The molecule has 1 atom stereocenters. The molecule has 1 N–H and O–H groups in total. The second-order valence-corrected chi connectivity index (χ2v) is 6.53. The number of carbonyl (C=O) groups excluding carboxylic acids is 1. The van der Waals surface area contributed by atoms with Gasteiger partial charge in [-0.25, -0.2) is 4.68 Å². The third kappa shape index (κ3) is 3.33. The van der Waals surface area contributed by atoms with E-state index in [1.807, 2.05) is 48.5 Å². The first-order valence-corrected chi connectivity index (χ1v) is 8.81. The van der Waals surface area contributed by atoms with Crippen molar-refractivity contribution in [3.05, 3.63) is 78.1 Å². The number of para-hydroxylation sites is 1. The minimum absolute atomic E-state index is 0.00952. The molecule has 0 radical (unpaired) electrons. The van der Waals surface area contributed by atoms with E-state index < -0.39 is 0 Å². The molecule has 2 aromatic carbocycles. The first-order valence-electron chi connectivity index (χ1n) is 8.81. The van der Waals surface area contributed by atoms with Crippen molar-refractivity contribution < 1.29 is 9.53 Å². The van der Waals surface area contributed by atoms with Gasteiger partial charge >= 0.3 is 0 Å². The number of ether oxygens (including phenoxy) is 1. The first kappa shape index (κ1) is 16.4. The average Bonchev–Trinajstić information content (AvgIpc) is 3.44. The molecule has 132 valence electrons. The lowest BCUT2D eigenvalue weighted by Crippen LogP contribution is -2.30. The van der Waals surface area contributed by atoms with Gasteiger partial charge in [-0.05, 0) is 36.5 Å². The molecule has 1 aliphatic rings. The van der Waals surface area contributed by atoms with Gasteiger partial charge in [0, 0.05) is 0 Å². The number of benzene rings is 2. The smallest absolute Gasteiger partial charge is 0.276 e. The van der Waals surface area contributed by atoms with Gasteiger partial charge < -0.3 is 10.1 Å². The van der Waals surface area contributed by atoms with Crippen LogP contribution in [0.3, 0.4) is 0 Å². The second-order valence-electron chi connectivity index (χ2n) is 6.53. The Morgan fingerprint density at radius 1 is 1.12 bits per heavy atom. The number of carbonyl (C=O) groups is 1. The van der Waals surface area contributed by atoms with Gasteiger partial charge in [-0.1, -0.05) is 48.5 Å². The molecule has 1 unspecified atom stereocenters. The Morgan fingerprint density at radius 2 is 1.77 bits per heavy atom. The van der Waals surface area contributed by atoms with Crippen LogP contribution in [0.5, 0.6) is 5.75 Å². The Hall–Kier alpha value is -3.08. The maximum Gasteiger partial charge on any atom is 0.276 e. The number of hydrogen-bond acceptors (Lipinski definition) is 3. The minimum atomic E-state index is -0.211. The highest BCUT2D eigenvalue weighted by molar-refractivity contribution is 5.95. The van der Waals surface area contributed by atoms with Crippen molar-refractivity contribution in [1.82, 2.24) is 15.1 Å². The summed E-state index contributed by atoms with van der Waals surface area (Å²) >= 11 is 0. The van der Waals surface area contributed by atoms with Crippen LogP contribution in [-0.2, 0) is 0 Å². The zero-order valence-corrected chi connectivity index (χ0v) is 14.6. The van der Waals surface area contributed by atoms with Crippen molar-refractivity contribution >= 4 is 5.91 Å². The number of nitrogens with zero attached hydrogens (tertiary/aromatic N) is 2. The molecule has 0 aliphatic heterocycles. The number of rotatable bonds is 6. The number of aromatic nitrogens is 2. The summed E-state index contributed by atoms with van der Waals surface area (Å²) < 4.78 is 7.06. The maximum atomic E-state index is 12.9. The fraction of sp³-hybridized carbons (Fsp3) is 0.238. The Kier molecular flexibility index (Phi) is 4.44. The van der Waals surface area contributed by atoms with Crippen LogP contribution >= 0.6 is 0 Å². The number of amides is 1. The van der Waals surface area contributed by atoms with Gasteiger partial charge in [-0.15, -0.1) is 0 Å². The van der Waals surface area contributed by atoms with E-state index in [0.717, 1.165) is 24.1 Å². The van der Waals surface area contributed by atoms with E-state index in [1.54, 1.807) is 18.0 Å². The highest BCUT2D eigenvalue weighted by Crippen LogP contribution is 2.41. The summed E-state index contributed by atoms with van der Waals surface area (Å²) in [6, 6.07) is 19.8. The molecule has 1 aliphatic carbocycles. The third-order valence-corrected chi connectivity index (χ3v) is 4.68. The monoisotopic (exact) mass is 347 g/mol. The summed E-state index contributed by atoms with van der Waals surface area (Å²) in [6.45, 7) is 0. The van der Waals surface area contributed by atoms with E-state index in [1.165, 1.54) is 0 Å². The van der Waals surface area contributed by atoms with Crippen LogP contribution in [0.1, 0.15) is 34.9 Å². The molecular weight excluding hydrogens is 326 g/mol. The van der Waals surface area contributed by atoms with Crippen LogP contribution < -0.4 is 10.1 Å². The van der Waals surface area contributed by atoms with E-state index in [-0.39, 0.29) is 11.9 Å². The van der Waals surface area contributed by atoms with Gasteiger partial charge in [-0.3, -0.25) is 4.79 Å². The summed E-state index contributed by atoms with van der Waals surface area (Å²) in [5.41, 5.74) is 2.31. The zero-order chi connectivity index (χ0) is 17.9. The predicted octanol–water partition coefficient (Wildman–Crippen LogP) is 3.76. The zero-order valence-electron chi connectivity index (χ0n) is 14.6. The predicted molar refractivity (Wildman–Crippen MR) is 99.5 cm³/mol. The molecule has 1 aromatic heterocycles. The molecule has 26 heavy (non-hydrogen) atoms. The lowest BCUT2D eigenvalue weighted by molar-refractivity contribution is 0.0923. The van der Waals surface area contributed by atoms with Crippen LogP contribution in [-0.4, -0.2) is 22.8 Å². The summed E-state index contributed by atoms with van der Waals surface area (Å²) in [6.07, 6.45) is 4.00. The van der Waals surface area contributed by atoms with Gasteiger partial charge in [-0.2, -0.15) is 5.10 Å². The van der Waals surface area contributed by atoms with Gasteiger partial charge in [0.05, 0.1) is 25.0 Å². The largest absolute Gasteiger partial charge is 0.493 e. The molecule has 1 heterocycles. The highest BCUT2D eigenvalue weighted by atomic mass is 16.5. The molecule has 3 aromatic rings. The van der Waals surface area contributed by atoms with Gasteiger partial charge in [0.15, 0.2) is 11.4 Å². The second kappa shape index (κ2) is 7.04. The molecular formula is C21H21N3O2. The number of hydrogen-bond donors (Lipinski definition) is 1. The summed E-state index contributed by atoms with van der Waals surface area (Å²) in [7, 11) is 1.55. The van der Waals surface area contributed by atoms with Gasteiger partial charge in [0.1, 0.15) is 0 Å². The quantitative estimate of drug-likeness (QED) is 0.739. The van der Waals surface area contributed by atoms with Crippen molar-refractivity contribution in [1.29, 1.82) is 0 Å². The van der Waals surface area contributed by atoms with Gasteiger partial charge in [0.2, 0.25) is 0 Å². The Morgan fingerprint density at radius 3 is 2.38 bits per heavy atom. The fourth-order valence-electron chi connectivity index (χ4n) is 3.15. The van der Waals surface area contributed by atoms with Crippen molar-refractivity contribution in [3.8, 4) is 11.4 Å². The molecule has 1 fully saturated rings. The fourth-order valence-corrected chi connectivity index (χ4v) is 3.15. The standard InChI is InChI=1S/C21H21N3O2/c1-26-18-14-24(17-10-6-3-7-11-17)23-20(18)21(25)22-19(16-12-13-16)15-8-4-2-5-9-15/h2-11,14,16,19H,12-13H2,1H3,(H,22,25). The molecule has 1 amide bonds. The van der Waals surface area contributed by atoms with Crippen molar-refractivity contribution in [2.75, 3.05) is 7.11 Å². The molecule has 0 saturated heterocycles. The lowest BCUT2D eigenvalue weighted by atomic mass is 10.0. The number of nitrogens with one attached hydrogen (secondary N) is 1. The van der Waals surface area contributed by atoms with Crippen LogP contribution in [0.2, 0.25) is 0 Å². The summed E-state index contributed by atoms with van der Waals surface area (Å²) in [5.74, 6) is 0.745. The van der Waals surface area contributed by atoms with Crippen molar-refractivity contribution in [2.45, 2.75) is 18.9 Å². The molecule has 5 heteroatoms. The molecule has 0 bridgehead atoms. The van der Waals surface area contributed by atoms with Crippen molar-refractivity contribution in [2.24, 2.45) is 5.92 Å². The first-order chi connectivity index (χ1) is 12.8. The maximum absolute atomic E-state index is 12.9. The third-order valence-electron chi connectivity index (χ3n) is 4.68.